The first-order chi connectivity index (χ1) is 10.4. The topological polar surface area (TPSA) is 98.2 Å². The first-order valence-corrected chi connectivity index (χ1v) is 7.26. The Kier molecular flexibility index (Phi) is 3.50. The van der Waals surface area contributed by atoms with Crippen molar-refractivity contribution in [3.8, 4) is 11.3 Å². The van der Waals surface area contributed by atoms with Gasteiger partial charge in [0, 0.05) is 24.1 Å². The van der Waals surface area contributed by atoms with Gasteiger partial charge in [0.1, 0.15) is 18.0 Å². The molecule has 1 amide bonds. The number of imidazole rings is 1. The van der Waals surface area contributed by atoms with E-state index in [1.807, 2.05) is 13.8 Å². The highest BCUT2D eigenvalue weighted by molar-refractivity contribution is 5.89. The van der Waals surface area contributed by atoms with Crippen molar-refractivity contribution < 1.29 is 15.0 Å². The number of rotatable bonds is 2. The lowest BCUT2D eigenvalue weighted by molar-refractivity contribution is -0.114. The molecule has 0 fully saturated rings. The van der Waals surface area contributed by atoms with Crippen LogP contribution in [0.25, 0.3) is 11.3 Å². The minimum absolute atomic E-state index is 0.187. The number of hydrogen-bond donors (Lipinski definition) is 4. The Morgan fingerprint density at radius 3 is 2.68 bits per heavy atom. The average molecular weight is 301 g/mol. The second-order valence-electron chi connectivity index (χ2n) is 5.91. The molecule has 2 atom stereocenters. The summed E-state index contributed by atoms with van der Waals surface area (Å²) in [6.07, 6.45) is -2.12. The summed E-state index contributed by atoms with van der Waals surface area (Å²) in [7, 11) is 0. The maximum atomic E-state index is 11.2. The van der Waals surface area contributed by atoms with Crippen LogP contribution in [0.5, 0.6) is 0 Å². The van der Waals surface area contributed by atoms with Gasteiger partial charge in [0.05, 0.1) is 11.4 Å². The van der Waals surface area contributed by atoms with Gasteiger partial charge in [0.2, 0.25) is 5.91 Å². The van der Waals surface area contributed by atoms with Gasteiger partial charge in [-0.05, 0) is 17.7 Å². The number of aromatic amines is 1. The van der Waals surface area contributed by atoms with Gasteiger partial charge in [0.25, 0.3) is 0 Å². The lowest BCUT2D eigenvalue weighted by Gasteiger charge is -2.26. The molecular formula is C16H19N3O3. The Balaban J connectivity index is 2.13. The van der Waals surface area contributed by atoms with Crippen molar-refractivity contribution in [3.05, 3.63) is 35.3 Å². The van der Waals surface area contributed by atoms with E-state index in [4.69, 9.17) is 0 Å². The third kappa shape index (κ3) is 2.30. The van der Waals surface area contributed by atoms with Gasteiger partial charge in [-0.15, -0.1) is 0 Å². The van der Waals surface area contributed by atoms with Crippen molar-refractivity contribution in [1.29, 1.82) is 0 Å². The Morgan fingerprint density at radius 2 is 2.05 bits per heavy atom. The summed E-state index contributed by atoms with van der Waals surface area (Å²) in [4.78, 5) is 18.8. The van der Waals surface area contributed by atoms with Gasteiger partial charge < -0.3 is 20.5 Å². The molecule has 4 N–H and O–H groups in total. The Labute approximate surface area is 128 Å². The quantitative estimate of drug-likeness (QED) is 0.683. The largest absolute Gasteiger partial charge is 0.385 e. The number of H-pyrrole nitrogens is 1. The molecule has 2 unspecified atom stereocenters. The van der Waals surface area contributed by atoms with Crippen molar-refractivity contribution in [2.45, 2.75) is 38.9 Å². The summed E-state index contributed by atoms with van der Waals surface area (Å²) >= 11 is 0. The van der Waals surface area contributed by atoms with Crippen LogP contribution < -0.4 is 5.32 Å². The fourth-order valence-corrected chi connectivity index (χ4v) is 2.73. The zero-order valence-electron chi connectivity index (χ0n) is 12.7. The van der Waals surface area contributed by atoms with Crippen molar-refractivity contribution in [3.63, 3.8) is 0 Å². The van der Waals surface area contributed by atoms with E-state index in [2.05, 4.69) is 15.3 Å². The number of aliphatic hydroxyl groups excluding tert-OH is 2. The highest BCUT2D eigenvalue weighted by Crippen LogP contribution is 2.44. The highest BCUT2D eigenvalue weighted by atomic mass is 16.3. The van der Waals surface area contributed by atoms with Crippen LogP contribution in [-0.2, 0) is 4.79 Å². The standard InChI is InChI=1S/C16H19N3O3/c1-7(2)16-18-12-10-5-4-9(17-8(3)20)6-11(10)14(21)15(22)13(12)19-16/h4-7,14-15,21-22H,1-3H3,(H,17,20)(H,18,19). The lowest BCUT2D eigenvalue weighted by Crippen LogP contribution is -2.18. The molecule has 1 aliphatic rings. The predicted octanol–water partition coefficient (Wildman–Crippen LogP) is 2.24. The van der Waals surface area contributed by atoms with Gasteiger partial charge in [-0.1, -0.05) is 19.9 Å². The number of nitrogens with zero attached hydrogens (tertiary/aromatic N) is 1. The summed E-state index contributed by atoms with van der Waals surface area (Å²) in [6, 6.07) is 5.24. The number of anilines is 1. The second kappa shape index (κ2) is 5.23. The molecule has 2 aromatic rings. The molecule has 0 bridgehead atoms. The first-order valence-electron chi connectivity index (χ1n) is 7.26. The van der Waals surface area contributed by atoms with Crippen LogP contribution in [0.2, 0.25) is 0 Å². The maximum absolute atomic E-state index is 11.2. The van der Waals surface area contributed by atoms with E-state index in [-0.39, 0.29) is 11.8 Å². The normalized spacial score (nSPS) is 19.7. The average Bonchev–Trinajstić information content (AvgIpc) is 2.89. The Hall–Kier alpha value is -2.18. The second-order valence-corrected chi connectivity index (χ2v) is 5.91. The predicted molar refractivity (Wildman–Crippen MR) is 82.3 cm³/mol. The molecule has 0 radical (unpaired) electrons. The van der Waals surface area contributed by atoms with Gasteiger partial charge in [-0.3, -0.25) is 4.79 Å². The third-order valence-corrected chi connectivity index (χ3v) is 3.84. The van der Waals surface area contributed by atoms with E-state index < -0.39 is 12.2 Å². The molecule has 6 heteroatoms. The van der Waals surface area contributed by atoms with Crippen LogP contribution in [-0.4, -0.2) is 26.1 Å². The number of carbonyl (C=O) groups is 1. The monoisotopic (exact) mass is 301 g/mol. The fraction of sp³-hybridized carbons (Fsp3) is 0.375. The number of nitrogens with one attached hydrogen (secondary N) is 2. The van der Waals surface area contributed by atoms with Crippen LogP contribution in [0.15, 0.2) is 18.2 Å². The molecule has 116 valence electrons. The molecule has 0 aliphatic heterocycles. The van der Waals surface area contributed by atoms with E-state index in [9.17, 15) is 15.0 Å². The number of aliphatic hydroxyl groups is 2. The number of carbonyl (C=O) groups excluding carboxylic acids is 1. The van der Waals surface area contributed by atoms with Crippen molar-refractivity contribution in [2.24, 2.45) is 0 Å². The number of benzene rings is 1. The zero-order chi connectivity index (χ0) is 16.0. The van der Waals surface area contributed by atoms with E-state index in [0.717, 1.165) is 11.4 Å². The third-order valence-electron chi connectivity index (χ3n) is 3.84. The molecule has 0 spiro atoms. The van der Waals surface area contributed by atoms with E-state index >= 15 is 0 Å². The van der Waals surface area contributed by atoms with E-state index in [0.29, 0.717) is 22.6 Å². The maximum Gasteiger partial charge on any atom is 0.221 e. The SMILES string of the molecule is CC(=O)Nc1ccc2c(c1)C(O)C(O)c1[nH]c(C(C)C)nc1-2. The van der Waals surface area contributed by atoms with Crippen molar-refractivity contribution in [1.82, 2.24) is 9.97 Å². The Bertz CT molecular complexity index is 736. The van der Waals surface area contributed by atoms with Gasteiger partial charge >= 0.3 is 0 Å². The number of hydrogen-bond acceptors (Lipinski definition) is 4. The molecule has 6 nitrogen and oxygen atoms in total. The van der Waals surface area contributed by atoms with E-state index in [1.165, 1.54) is 6.92 Å². The minimum Gasteiger partial charge on any atom is -0.385 e. The molecule has 1 heterocycles. The van der Waals surface area contributed by atoms with Crippen LogP contribution in [0.4, 0.5) is 5.69 Å². The molecule has 1 aromatic carbocycles. The van der Waals surface area contributed by atoms with E-state index in [1.54, 1.807) is 18.2 Å². The molecular weight excluding hydrogens is 282 g/mol. The molecule has 22 heavy (non-hydrogen) atoms. The van der Waals surface area contributed by atoms with Crippen LogP contribution >= 0.6 is 0 Å². The molecule has 1 aromatic heterocycles. The molecule has 1 aliphatic carbocycles. The number of amides is 1. The Morgan fingerprint density at radius 1 is 1.32 bits per heavy atom. The van der Waals surface area contributed by atoms with Crippen LogP contribution in [0, 0.1) is 0 Å². The van der Waals surface area contributed by atoms with Crippen LogP contribution in [0.3, 0.4) is 0 Å². The van der Waals surface area contributed by atoms with Gasteiger partial charge in [-0.2, -0.15) is 0 Å². The zero-order valence-corrected chi connectivity index (χ0v) is 12.7. The molecule has 0 saturated carbocycles. The fourth-order valence-electron chi connectivity index (χ4n) is 2.73. The lowest BCUT2D eigenvalue weighted by atomic mass is 9.87. The minimum atomic E-state index is -1.06. The molecule has 0 saturated heterocycles. The number of aromatic nitrogens is 2. The number of fused-ring (bicyclic) bond motifs is 3. The van der Waals surface area contributed by atoms with Crippen molar-refractivity contribution in [2.75, 3.05) is 5.32 Å². The van der Waals surface area contributed by atoms with Gasteiger partial charge in [-0.25, -0.2) is 4.98 Å². The van der Waals surface area contributed by atoms with Crippen LogP contribution in [0.1, 0.15) is 56.0 Å². The van der Waals surface area contributed by atoms with Gasteiger partial charge in [0.15, 0.2) is 0 Å². The molecule has 3 rings (SSSR count). The van der Waals surface area contributed by atoms with Crippen molar-refractivity contribution >= 4 is 11.6 Å². The summed E-state index contributed by atoms with van der Waals surface area (Å²) in [5.74, 6) is 0.778. The summed E-state index contributed by atoms with van der Waals surface area (Å²) in [5.41, 5.74) is 3.11. The first kappa shape index (κ1) is 14.7. The highest BCUT2D eigenvalue weighted by Gasteiger charge is 2.34. The summed E-state index contributed by atoms with van der Waals surface area (Å²) in [6.45, 7) is 5.44. The smallest absolute Gasteiger partial charge is 0.221 e. The summed E-state index contributed by atoms with van der Waals surface area (Å²) in [5, 5.41) is 23.4. The summed E-state index contributed by atoms with van der Waals surface area (Å²) < 4.78 is 0.